The molecule has 0 aromatic carbocycles. The highest BCUT2D eigenvalue weighted by Gasteiger charge is 2.22. The number of nitrogens with one attached hydrogen (secondary N) is 1. The fraction of sp³-hybridized carbons (Fsp3) is 0.538. The minimum Gasteiger partial charge on any atom is -0.357 e. The van der Waals surface area contributed by atoms with Gasteiger partial charge in [-0.3, -0.25) is 4.79 Å². The number of nitrogens with zero attached hydrogens (tertiary/aromatic N) is 4. The quantitative estimate of drug-likeness (QED) is 0.770. The molecule has 2 aromatic rings. The van der Waals surface area contributed by atoms with Crippen molar-refractivity contribution >= 4 is 45.5 Å². The maximum absolute atomic E-state index is 11.7. The zero-order valence-corrected chi connectivity index (χ0v) is 14.9. The third-order valence-electron chi connectivity index (χ3n) is 3.06. The van der Waals surface area contributed by atoms with Crippen molar-refractivity contribution in [1.82, 2.24) is 20.1 Å². The topological polar surface area (TPSA) is 71.0 Å². The molecule has 0 bridgehead atoms. The van der Waals surface area contributed by atoms with Gasteiger partial charge in [0.25, 0.3) is 0 Å². The van der Waals surface area contributed by atoms with Gasteiger partial charge in [0.1, 0.15) is 5.01 Å². The van der Waals surface area contributed by atoms with Gasteiger partial charge < -0.3 is 10.2 Å². The minimum absolute atomic E-state index is 0.0773. The molecule has 3 rings (SSSR count). The number of carbonyl (C=O) groups is 1. The molecule has 0 saturated heterocycles. The first-order valence-electron chi connectivity index (χ1n) is 6.96. The second-order valence-corrected chi connectivity index (χ2v) is 8.42. The van der Waals surface area contributed by atoms with Gasteiger partial charge in [0, 0.05) is 31.3 Å². The fourth-order valence-corrected chi connectivity index (χ4v) is 4.26. The summed E-state index contributed by atoms with van der Waals surface area (Å²) in [6.45, 7) is 0. The molecule has 0 spiro atoms. The van der Waals surface area contributed by atoms with Gasteiger partial charge in [-0.05, 0) is 12.8 Å². The summed E-state index contributed by atoms with van der Waals surface area (Å²) in [5.74, 6) is 0.832. The van der Waals surface area contributed by atoms with Crippen LogP contribution in [-0.2, 0) is 17.0 Å². The number of thioether (sulfide) groups is 1. The third kappa shape index (κ3) is 4.40. The first-order valence-corrected chi connectivity index (χ1v) is 9.64. The Kier molecular flexibility index (Phi) is 4.94. The Morgan fingerprint density at radius 3 is 3.00 bits per heavy atom. The normalized spacial score (nSPS) is 14.1. The Hall–Kier alpha value is -1.19. The predicted molar refractivity (Wildman–Crippen MR) is 90.6 cm³/mol. The number of aromatic nitrogens is 3. The number of carbonyl (C=O) groups excluding carboxylic acids is 1. The van der Waals surface area contributed by atoms with E-state index in [0.29, 0.717) is 12.5 Å². The van der Waals surface area contributed by atoms with E-state index in [0.717, 1.165) is 25.9 Å². The summed E-state index contributed by atoms with van der Waals surface area (Å²) >= 11 is 4.76. The van der Waals surface area contributed by atoms with Crippen LogP contribution in [-0.4, -0.2) is 46.1 Å². The number of hydrogen-bond donors (Lipinski definition) is 1. The van der Waals surface area contributed by atoms with Crippen molar-refractivity contribution in [2.75, 3.05) is 19.4 Å². The molecule has 2 heterocycles. The molecule has 2 aromatic heterocycles. The van der Waals surface area contributed by atoms with Crippen molar-refractivity contribution in [3.05, 3.63) is 16.1 Å². The van der Waals surface area contributed by atoms with Crippen molar-refractivity contribution in [3.63, 3.8) is 0 Å². The number of rotatable bonds is 7. The first-order chi connectivity index (χ1) is 10.6. The Morgan fingerprint density at radius 2 is 2.27 bits per heavy atom. The molecular weight excluding hydrogens is 338 g/mol. The summed E-state index contributed by atoms with van der Waals surface area (Å²) in [5, 5.41) is 15.4. The second kappa shape index (κ2) is 6.93. The molecule has 1 N–H and O–H groups in total. The lowest BCUT2D eigenvalue weighted by molar-refractivity contribution is -0.127. The van der Waals surface area contributed by atoms with Crippen LogP contribution in [0.5, 0.6) is 0 Å². The van der Waals surface area contributed by atoms with Crippen LogP contribution >= 0.6 is 34.4 Å². The highest BCUT2D eigenvalue weighted by molar-refractivity contribution is 8.00. The molecule has 1 aliphatic carbocycles. The molecule has 9 heteroatoms. The van der Waals surface area contributed by atoms with Crippen LogP contribution in [0.15, 0.2) is 9.72 Å². The monoisotopic (exact) mass is 355 g/mol. The summed E-state index contributed by atoms with van der Waals surface area (Å²) in [4.78, 5) is 17.8. The average Bonchev–Trinajstić information content (AvgIpc) is 2.99. The van der Waals surface area contributed by atoms with E-state index in [2.05, 4.69) is 20.5 Å². The standard InChI is InChI=1S/C13H17N5OS3/c1-18(2)11(19)5-10-14-9(6-20-10)7-21-13-17-16-12(22-13)15-8-3-4-8/h6,8H,3-5,7H2,1-2H3,(H,15,16). The lowest BCUT2D eigenvalue weighted by Crippen LogP contribution is -2.23. The minimum atomic E-state index is 0.0773. The van der Waals surface area contributed by atoms with Gasteiger partial charge in [-0.2, -0.15) is 0 Å². The SMILES string of the molecule is CN(C)C(=O)Cc1nc(CSc2nnc(NC3CC3)s2)cs1. The van der Waals surface area contributed by atoms with Gasteiger partial charge in [-0.1, -0.05) is 23.1 Å². The predicted octanol–water partition coefficient (Wildman–Crippen LogP) is 2.49. The first kappa shape index (κ1) is 15.7. The van der Waals surface area contributed by atoms with E-state index in [9.17, 15) is 4.79 Å². The molecule has 1 aliphatic rings. The van der Waals surface area contributed by atoms with E-state index < -0.39 is 0 Å². The van der Waals surface area contributed by atoms with Crippen LogP contribution < -0.4 is 5.32 Å². The molecular formula is C13H17N5OS3. The number of anilines is 1. The molecule has 1 saturated carbocycles. The molecule has 1 fully saturated rings. The van der Waals surface area contributed by atoms with Crippen LogP contribution in [0.3, 0.4) is 0 Å². The number of amides is 1. The van der Waals surface area contributed by atoms with Crippen molar-refractivity contribution in [3.8, 4) is 0 Å². The fourth-order valence-electron chi connectivity index (χ4n) is 1.65. The lowest BCUT2D eigenvalue weighted by atomic mass is 10.4. The van der Waals surface area contributed by atoms with E-state index >= 15 is 0 Å². The van der Waals surface area contributed by atoms with Crippen molar-refractivity contribution < 1.29 is 4.79 Å². The van der Waals surface area contributed by atoms with Crippen molar-refractivity contribution in [2.45, 2.75) is 35.4 Å². The van der Waals surface area contributed by atoms with Gasteiger partial charge in [0.2, 0.25) is 11.0 Å². The average molecular weight is 356 g/mol. The zero-order valence-electron chi connectivity index (χ0n) is 12.4. The molecule has 6 nitrogen and oxygen atoms in total. The Morgan fingerprint density at radius 1 is 1.45 bits per heavy atom. The molecule has 0 radical (unpaired) electrons. The largest absolute Gasteiger partial charge is 0.357 e. The molecule has 0 aliphatic heterocycles. The maximum atomic E-state index is 11.7. The second-order valence-electron chi connectivity index (χ2n) is 5.28. The lowest BCUT2D eigenvalue weighted by Gasteiger charge is -2.07. The maximum Gasteiger partial charge on any atom is 0.228 e. The molecule has 0 atom stereocenters. The molecule has 1 amide bonds. The van der Waals surface area contributed by atoms with Crippen LogP contribution in [0.1, 0.15) is 23.5 Å². The summed E-state index contributed by atoms with van der Waals surface area (Å²) in [6.07, 6.45) is 2.83. The van der Waals surface area contributed by atoms with Crippen LogP contribution in [0.25, 0.3) is 0 Å². The highest BCUT2D eigenvalue weighted by atomic mass is 32.2. The molecule has 118 valence electrons. The third-order valence-corrected chi connectivity index (χ3v) is 5.97. The Balaban J connectivity index is 1.49. The van der Waals surface area contributed by atoms with E-state index in [4.69, 9.17) is 0 Å². The van der Waals surface area contributed by atoms with Gasteiger partial charge in [-0.25, -0.2) is 4.98 Å². The number of thiazole rings is 1. The smallest absolute Gasteiger partial charge is 0.228 e. The van der Waals surface area contributed by atoms with Gasteiger partial charge in [0.15, 0.2) is 4.34 Å². The molecule has 22 heavy (non-hydrogen) atoms. The summed E-state index contributed by atoms with van der Waals surface area (Å²) in [6, 6.07) is 0.598. The van der Waals surface area contributed by atoms with Gasteiger partial charge in [-0.15, -0.1) is 21.5 Å². The van der Waals surface area contributed by atoms with Gasteiger partial charge >= 0.3 is 0 Å². The zero-order chi connectivity index (χ0) is 15.5. The van der Waals surface area contributed by atoms with E-state index in [1.54, 1.807) is 42.1 Å². The van der Waals surface area contributed by atoms with Crippen LogP contribution in [0.2, 0.25) is 0 Å². The highest BCUT2D eigenvalue weighted by Crippen LogP contribution is 2.31. The van der Waals surface area contributed by atoms with Crippen molar-refractivity contribution in [2.24, 2.45) is 0 Å². The summed E-state index contributed by atoms with van der Waals surface area (Å²) in [5.41, 5.74) is 0.989. The van der Waals surface area contributed by atoms with Gasteiger partial charge in [0.05, 0.1) is 12.1 Å². The number of hydrogen-bond acceptors (Lipinski definition) is 8. The van der Waals surface area contributed by atoms with Crippen LogP contribution in [0, 0.1) is 0 Å². The van der Waals surface area contributed by atoms with Crippen LogP contribution in [0.4, 0.5) is 5.13 Å². The van der Waals surface area contributed by atoms with E-state index in [1.165, 1.54) is 24.2 Å². The summed E-state index contributed by atoms with van der Waals surface area (Å²) < 4.78 is 0.946. The number of likely N-dealkylation sites (N-methyl/N-ethyl adjacent to an activating group) is 1. The Labute approximate surface area is 141 Å². The van der Waals surface area contributed by atoms with Crippen molar-refractivity contribution in [1.29, 1.82) is 0 Å². The summed E-state index contributed by atoms with van der Waals surface area (Å²) in [7, 11) is 3.52. The molecule has 0 unspecified atom stereocenters. The Bertz CT molecular complexity index is 650. The van der Waals surface area contributed by atoms with E-state index in [1.807, 2.05) is 5.38 Å². The van der Waals surface area contributed by atoms with E-state index in [-0.39, 0.29) is 5.91 Å².